The standard InChI is InChI=1S/C14H20BrN3O2/c1-4-20-10-8-14(16,13(10,2)3)12(19)18-9-6-5-7-17-11(9)15/h5-7,10H,4,8,16H2,1-3H3,(H,18,19). The fraction of sp³-hybridized carbons (Fsp3) is 0.571. The minimum atomic E-state index is -0.928. The number of carbonyl (C=O) groups excluding carboxylic acids is 1. The Bertz CT molecular complexity index is 521. The lowest BCUT2D eigenvalue weighted by Gasteiger charge is -2.57. The second kappa shape index (κ2) is 5.42. The number of hydrogen-bond acceptors (Lipinski definition) is 4. The molecule has 1 saturated carbocycles. The average molecular weight is 342 g/mol. The summed E-state index contributed by atoms with van der Waals surface area (Å²) in [5.41, 5.74) is 5.61. The first-order valence-electron chi connectivity index (χ1n) is 6.65. The SMILES string of the molecule is CCOC1CC(N)(C(=O)Nc2cccnc2Br)C1(C)C. The van der Waals surface area contributed by atoms with Gasteiger partial charge in [-0.2, -0.15) is 0 Å². The topological polar surface area (TPSA) is 77.2 Å². The maximum absolute atomic E-state index is 12.5. The molecule has 0 spiro atoms. The van der Waals surface area contributed by atoms with Crippen LogP contribution in [0.5, 0.6) is 0 Å². The minimum Gasteiger partial charge on any atom is -0.378 e. The summed E-state index contributed by atoms with van der Waals surface area (Å²) in [6.07, 6.45) is 2.19. The van der Waals surface area contributed by atoms with Crippen molar-refractivity contribution in [2.75, 3.05) is 11.9 Å². The highest BCUT2D eigenvalue weighted by molar-refractivity contribution is 9.10. The van der Waals surface area contributed by atoms with E-state index < -0.39 is 11.0 Å². The van der Waals surface area contributed by atoms with E-state index in [0.717, 1.165) is 0 Å². The molecule has 20 heavy (non-hydrogen) atoms. The molecular formula is C14H20BrN3O2. The van der Waals surface area contributed by atoms with Crippen molar-refractivity contribution in [1.29, 1.82) is 0 Å². The molecule has 2 rings (SSSR count). The van der Waals surface area contributed by atoms with Crippen LogP contribution >= 0.6 is 15.9 Å². The molecule has 2 atom stereocenters. The largest absolute Gasteiger partial charge is 0.378 e. The first kappa shape index (κ1) is 15.4. The lowest BCUT2D eigenvalue weighted by Crippen LogP contribution is -2.74. The molecule has 0 aliphatic heterocycles. The molecule has 0 saturated heterocycles. The number of pyridine rings is 1. The first-order chi connectivity index (χ1) is 9.33. The van der Waals surface area contributed by atoms with Crippen LogP contribution in [0.4, 0.5) is 5.69 Å². The molecule has 0 aromatic carbocycles. The summed E-state index contributed by atoms with van der Waals surface area (Å²) >= 11 is 3.31. The third-order valence-electron chi connectivity index (χ3n) is 4.24. The predicted octanol–water partition coefficient (Wildman–Crippen LogP) is 2.32. The number of amides is 1. The maximum Gasteiger partial charge on any atom is 0.245 e. The summed E-state index contributed by atoms with van der Waals surface area (Å²) in [5.74, 6) is -0.202. The summed E-state index contributed by atoms with van der Waals surface area (Å²) in [6, 6.07) is 3.54. The molecule has 1 amide bonds. The third-order valence-corrected chi connectivity index (χ3v) is 4.87. The lowest BCUT2D eigenvalue weighted by atomic mass is 9.54. The number of carbonyl (C=O) groups is 1. The fourth-order valence-corrected chi connectivity index (χ4v) is 2.88. The molecule has 1 aromatic rings. The number of ether oxygens (including phenoxy) is 1. The van der Waals surface area contributed by atoms with Crippen molar-refractivity contribution < 1.29 is 9.53 Å². The summed E-state index contributed by atoms with van der Waals surface area (Å²) in [5, 5.41) is 2.84. The summed E-state index contributed by atoms with van der Waals surface area (Å²) < 4.78 is 6.22. The molecule has 1 heterocycles. The molecule has 1 aromatic heterocycles. The fourth-order valence-electron chi connectivity index (χ4n) is 2.53. The number of nitrogens with zero attached hydrogens (tertiary/aromatic N) is 1. The Morgan fingerprint density at radius 3 is 2.90 bits per heavy atom. The normalized spacial score (nSPS) is 27.8. The van der Waals surface area contributed by atoms with Crippen molar-refractivity contribution in [3.05, 3.63) is 22.9 Å². The van der Waals surface area contributed by atoms with E-state index in [0.29, 0.717) is 23.3 Å². The number of hydrogen-bond donors (Lipinski definition) is 2. The van der Waals surface area contributed by atoms with E-state index >= 15 is 0 Å². The van der Waals surface area contributed by atoms with Gasteiger partial charge in [0.25, 0.3) is 0 Å². The monoisotopic (exact) mass is 341 g/mol. The number of aromatic nitrogens is 1. The van der Waals surface area contributed by atoms with Crippen LogP contribution in [-0.2, 0) is 9.53 Å². The van der Waals surface area contributed by atoms with E-state index in [9.17, 15) is 4.79 Å². The number of nitrogens with two attached hydrogens (primary N) is 1. The third kappa shape index (κ3) is 2.36. The zero-order valence-corrected chi connectivity index (χ0v) is 13.5. The Labute approximate surface area is 127 Å². The zero-order chi connectivity index (χ0) is 15.0. The van der Waals surface area contributed by atoms with E-state index in [-0.39, 0.29) is 12.0 Å². The van der Waals surface area contributed by atoms with Gasteiger partial charge >= 0.3 is 0 Å². The van der Waals surface area contributed by atoms with E-state index in [1.807, 2.05) is 20.8 Å². The Morgan fingerprint density at radius 1 is 1.65 bits per heavy atom. The van der Waals surface area contributed by atoms with Gasteiger partial charge in [0.1, 0.15) is 10.1 Å². The summed E-state index contributed by atoms with van der Waals surface area (Å²) in [4.78, 5) is 16.6. The number of nitrogens with one attached hydrogen (secondary N) is 1. The molecule has 110 valence electrons. The highest BCUT2D eigenvalue weighted by Crippen LogP contribution is 2.50. The quantitative estimate of drug-likeness (QED) is 0.824. The van der Waals surface area contributed by atoms with Crippen LogP contribution in [0.15, 0.2) is 22.9 Å². The van der Waals surface area contributed by atoms with Gasteiger partial charge in [0, 0.05) is 24.6 Å². The van der Waals surface area contributed by atoms with Gasteiger partial charge < -0.3 is 15.8 Å². The van der Waals surface area contributed by atoms with Crippen molar-refractivity contribution >= 4 is 27.5 Å². The Hall–Kier alpha value is -0.980. The van der Waals surface area contributed by atoms with Crippen LogP contribution in [0.25, 0.3) is 0 Å². The van der Waals surface area contributed by atoms with Gasteiger partial charge in [0.2, 0.25) is 5.91 Å². The number of rotatable bonds is 4. The van der Waals surface area contributed by atoms with Crippen LogP contribution in [0.3, 0.4) is 0 Å². The molecule has 0 radical (unpaired) electrons. The molecule has 6 heteroatoms. The van der Waals surface area contributed by atoms with Crippen molar-refractivity contribution in [3.8, 4) is 0 Å². The van der Waals surface area contributed by atoms with Gasteiger partial charge in [-0.3, -0.25) is 4.79 Å². The molecule has 1 fully saturated rings. The summed E-state index contributed by atoms with van der Waals surface area (Å²) in [6.45, 7) is 6.50. The second-order valence-corrected chi connectivity index (χ2v) is 6.39. The molecule has 3 N–H and O–H groups in total. The van der Waals surface area contributed by atoms with Crippen LogP contribution in [0.2, 0.25) is 0 Å². The van der Waals surface area contributed by atoms with Gasteiger partial charge in [-0.15, -0.1) is 0 Å². The van der Waals surface area contributed by atoms with E-state index in [1.165, 1.54) is 0 Å². The van der Waals surface area contributed by atoms with Crippen LogP contribution in [-0.4, -0.2) is 29.1 Å². The average Bonchev–Trinajstić information content (AvgIpc) is 2.40. The highest BCUT2D eigenvalue weighted by Gasteiger charge is 2.62. The zero-order valence-electron chi connectivity index (χ0n) is 11.9. The van der Waals surface area contributed by atoms with Crippen molar-refractivity contribution in [2.24, 2.45) is 11.1 Å². The summed E-state index contributed by atoms with van der Waals surface area (Å²) in [7, 11) is 0. The van der Waals surface area contributed by atoms with Gasteiger partial charge in [0.05, 0.1) is 11.8 Å². The van der Waals surface area contributed by atoms with E-state index in [4.69, 9.17) is 10.5 Å². The van der Waals surface area contributed by atoms with Gasteiger partial charge in [-0.05, 0) is 35.0 Å². The van der Waals surface area contributed by atoms with Crippen molar-refractivity contribution in [2.45, 2.75) is 38.8 Å². The maximum atomic E-state index is 12.5. The van der Waals surface area contributed by atoms with E-state index in [1.54, 1.807) is 18.3 Å². The molecule has 1 aliphatic carbocycles. The molecular weight excluding hydrogens is 322 g/mol. The molecule has 5 nitrogen and oxygen atoms in total. The number of halogens is 1. The van der Waals surface area contributed by atoms with Crippen LogP contribution in [0.1, 0.15) is 27.2 Å². The Balaban J connectivity index is 2.12. The van der Waals surface area contributed by atoms with Crippen molar-refractivity contribution in [1.82, 2.24) is 4.98 Å². The Morgan fingerprint density at radius 2 is 2.35 bits per heavy atom. The lowest BCUT2D eigenvalue weighted by molar-refractivity contribution is -0.166. The van der Waals surface area contributed by atoms with Crippen LogP contribution in [0, 0.1) is 5.41 Å². The van der Waals surface area contributed by atoms with E-state index in [2.05, 4.69) is 26.2 Å². The van der Waals surface area contributed by atoms with Gasteiger partial charge in [-0.1, -0.05) is 13.8 Å². The van der Waals surface area contributed by atoms with Gasteiger partial charge in [0.15, 0.2) is 0 Å². The second-order valence-electron chi connectivity index (χ2n) is 5.64. The first-order valence-corrected chi connectivity index (χ1v) is 7.44. The van der Waals surface area contributed by atoms with Crippen LogP contribution < -0.4 is 11.1 Å². The number of anilines is 1. The molecule has 2 unspecified atom stereocenters. The Kier molecular flexibility index (Phi) is 4.18. The highest BCUT2D eigenvalue weighted by atomic mass is 79.9. The van der Waals surface area contributed by atoms with Gasteiger partial charge in [-0.25, -0.2) is 4.98 Å². The predicted molar refractivity (Wildman–Crippen MR) is 81.3 cm³/mol. The molecule has 0 bridgehead atoms. The smallest absolute Gasteiger partial charge is 0.245 e. The van der Waals surface area contributed by atoms with Crippen molar-refractivity contribution in [3.63, 3.8) is 0 Å². The minimum absolute atomic E-state index is 0.0144. The molecule has 1 aliphatic rings.